The predicted octanol–water partition coefficient (Wildman–Crippen LogP) is 3.48. The minimum absolute atomic E-state index is 0.121. The van der Waals surface area contributed by atoms with Crippen molar-refractivity contribution in [3.63, 3.8) is 0 Å². The van der Waals surface area contributed by atoms with Gasteiger partial charge in [-0.15, -0.1) is 0 Å². The van der Waals surface area contributed by atoms with Crippen molar-refractivity contribution in [2.75, 3.05) is 0 Å². The summed E-state index contributed by atoms with van der Waals surface area (Å²) in [6, 6.07) is 24.6. The third-order valence-corrected chi connectivity index (χ3v) is 4.03. The van der Waals surface area contributed by atoms with E-state index in [4.69, 9.17) is 0 Å². The summed E-state index contributed by atoms with van der Waals surface area (Å²) in [6.07, 6.45) is 1.57. The Morgan fingerprint density at radius 1 is 0.821 bits per heavy atom. The SMILES string of the molecule is O=C(NCc1ccccc1)/C(=C/c1ccc(O)cc1)NC(=O)c1ccccc1. The maximum absolute atomic E-state index is 12.7. The fourth-order valence-corrected chi connectivity index (χ4v) is 2.55. The van der Waals surface area contributed by atoms with Crippen molar-refractivity contribution in [1.82, 2.24) is 10.6 Å². The molecule has 0 unspecified atom stereocenters. The molecule has 0 bridgehead atoms. The molecule has 0 heterocycles. The van der Waals surface area contributed by atoms with Crippen LogP contribution in [0.2, 0.25) is 0 Å². The van der Waals surface area contributed by atoms with Gasteiger partial charge in [-0.2, -0.15) is 0 Å². The van der Waals surface area contributed by atoms with E-state index < -0.39 is 5.91 Å². The molecule has 0 fully saturated rings. The zero-order chi connectivity index (χ0) is 19.8. The summed E-state index contributed by atoms with van der Waals surface area (Å²) in [6.45, 7) is 0.341. The highest BCUT2D eigenvalue weighted by Crippen LogP contribution is 2.13. The highest BCUT2D eigenvalue weighted by molar-refractivity contribution is 6.05. The number of amides is 2. The van der Waals surface area contributed by atoms with Crippen molar-refractivity contribution < 1.29 is 14.7 Å². The van der Waals surface area contributed by atoms with Gasteiger partial charge in [0.1, 0.15) is 11.4 Å². The third kappa shape index (κ3) is 5.32. The fraction of sp³-hybridized carbons (Fsp3) is 0.0435. The van der Waals surface area contributed by atoms with E-state index in [0.717, 1.165) is 5.56 Å². The maximum Gasteiger partial charge on any atom is 0.268 e. The van der Waals surface area contributed by atoms with Crippen LogP contribution in [0.5, 0.6) is 5.75 Å². The molecular weight excluding hydrogens is 352 g/mol. The summed E-state index contributed by atoms with van der Waals surface area (Å²) in [7, 11) is 0. The molecule has 0 saturated heterocycles. The minimum atomic E-state index is -0.402. The lowest BCUT2D eigenvalue weighted by molar-refractivity contribution is -0.117. The Morgan fingerprint density at radius 2 is 1.43 bits per heavy atom. The van der Waals surface area contributed by atoms with Gasteiger partial charge in [-0.3, -0.25) is 9.59 Å². The van der Waals surface area contributed by atoms with E-state index in [1.165, 1.54) is 12.1 Å². The number of phenolic OH excluding ortho intramolecular Hbond substituents is 1. The molecule has 0 atom stereocenters. The van der Waals surface area contributed by atoms with Crippen molar-refractivity contribution in [3.8, 4) is 5.75 Å². The molecule has 5 heteroatoms. The number of hydrogen-bond donors (Lipinski definition) is 3. The molecule has 0 aliphatic heterocycles. The van der Waals surface area contributed by atoms with Crippen LogP contribution in [-0.2, 0) is 11.3 Å². The maximum atomic E-state index is 12.7. The van der Waals surface area contributed by atoms with Crippen LogP contribution < -0.4 is 10.6 Å². The van der Waals surface area contributed by atoms with Crippen LogP contribution in [0.1, 0.15) is 21.5 Å². The van der Waals surface area contributed by atoms with Gasteiger partial charge in [0.05, 0.1) is 0 Å². The first-order valence-electron chi connectivity index (χ1n) is 8.81. The number of nitrogens with one attached hydrogen (secondary N) is 2. The summed E-state index contributed by atoms with van der Waals surface area (Å²) >= 11 is 0. The van der Waals surface area contributed by atoms with Gasteiger partial charge in [-0.1, -0.05) is 60.7 Å². The van der Waals surface area contributed by atoms with Crippen molar-refractivity contribution in [1.29, 1.82) is 0 Å². The van der Waals surface area contributed by atoms with Gasteiger partial charge in [0.2, 0.25) is 0 Å². The summed E-state index contributed by atoms with van der Waals surface area (Å²) in [4.78, 5) is 25.2. The standard InChI is InChI=1S/C23H20N2O3/c26-20-13-11-17(12-14-20)15-21(25-22(27)19-9-5-2-6-10-19)23(28)24-16-18-7-3-1-4-8-18/h1-15,26H,16H2,(H,24,28)(H,25,27)/b21-15-. The number of rotatable bonds is 6. The van der Waals surface area contributed by atoms with Crippen molar-refractivity contribution in [2.45, 2.75) is 6.54 Å². The normalized spacial score (nSPS) is 10.9. The second kappa shape index (κ2) is 9.19. The Bertz CT molecular complexity index is 966. The Hall–Kier alpha value is -3.86. The first kappa shape index (κ1) is 18.9. The molecule has 0 aliphatic rings. The van der Waals surface area contributed by atoms with E-state index in [-0.39, 0.29) is 17.4 Å². The molecule has 3 N–H and O–H groups in total. The van der Waals surface area contributed by atoms with Gasteiger partial charge in [0.25, 0.3) is 11.8 Å². The van der Waals surface area contributed by atoms with Crippen LogP contribution in [0.3, 0.4) is 0 Å². The van der Waals surface area contributed by atoms with Gasteiger partial charge in [-0.05, 0) is 41.5 Å². The van der Waals surface area contributed by atoms with Crippen molar-refractivity contribution in [2.24, 2.45) is 0 Å². The van der Waals surface area contributed by atoms with E-state index in [1.807, 2.05) is 36.4 Å². The van der Waals surface area contributed by atoms with Crippen LogP contribution in [0, 0.1) is 0 Å². The second-order valence-corrected chi connectivity index (χ2v) is 6.14. The lowest BCUT2D eigenvalue weighted by Crippen LogP contribution is -2.34. The number of aromatic hydroxyl groups is 1. The fourth-order valence-electron chi connectivity index (χ4n) is 2.55. The van der Waals surface area contributed by atoms with E-state index >= 15 is 0 Å². The quantitative estimate of drug-likeness (QED) is 0.580. The molecular formula is C23H20N2O3. The monoisotopic (exact) mass is 372 g/mol. The first-order chi connectivity index (χ1) is 13.6. The predicted molar refractivity (Wildman–Crippen MR) is 108 cm³/mol. The van der Waals surface area contributed by atoms with E-state index in [1.54, 1.807) is 42.5 Å². The average molecular weight is 372 g/mol. The van der Waals surface area contributed by atoms with E-state index in [0.29, 0.717) is 17.7 Å². The molecule has 28 heavy (non-hydrogen) atoms. The minimum Gasteiger partial charge on any atom is -0.508 e. The second-order valence-electron chi connectivity index (χ2n) is 6.14. The van der Waals surface area contributed by atoms with Crippen molar-refractivity contribution >= 4 is 17.9 Å². The van der Waals surface area contributed by atoms with Crippen LogP contribution in [0.4, 0.5) is 0 Å². The topological polar surface area (TPSA) is 78.4 Å². The Kier molecular flexibility index (Phi) is 6.21. The Morgan fingerprint density at radius 3 is 2.07 bits per heavy atom. The van der Waals surface area contributed by atoms with Gasteiger partial charge < -0.3 is 15.7 Å². The van der Waals surface area contributed by atoms with Crippen molar-refractivity contribution in [3.05, 3.63) is 107 Å². The number of benzene rings is 3. The molecule has 0 radical (unpaired) electrons. The van der Waals surface area contributed by atoms with Crippen LogP contribution >= 0.6 is 0 Å². The molecule has 0 aliphatic carbocycles. The number of carbonyl (C=O) groups excluding carboxylic acids is 2. The molecule has 140 valence electrons. The third-order valence-electron chi connectivity index (χ3n) is 4.03. The summed E-state index contributed by atoms with van der Waals surface area (Å²) < 4.78 is 0. The smallest absolute Gasteiger partial charge is 0.268 e. The van der Waals surface area contributed by atoms with Gasteiger partial charge in [-0.25, -0.2) is 0 Å². The summed E-state index contributed by atoms with van der Waals surface area (Å²) in [5, 5.41) is 14.9. The number of hydrogen-bond acceptors (Lipinski definition) is 3. The molecule has 5 nitrogen and oxygen atoms in total. The Balaban J connectivity index is 1.80. The summed E-state index contributed by atoms with van der Waals surface area (Å²) in [5.74, 6) is -0.651. The van der Waals surface area contributed by atoms with Gasteiger partial charge >= 0.3 is 0 Å². The molecule has 3 aromatic carbocycles. The molecule has 0 saturated carbocycles. The molecule has 0 spiro atoms. The zero-order valence-electron chi connectivity index (χ0n) is 15.1. The van der Waals surface area contributed by atoms with Crippen LogP contribution in [0.15, 0.2) is 90.6 Å². The molecule has 3 rings (SSSR count). The highest BCUT2D eigenvalue weighted by atomic mass is 16.3. The zero-order valence-corrected chi connectivity index (χ0v) is 15.1. The summed E-state index contributed by atoms with van der Waals surface area (Å²) in [5.41, 5.74) is 2.20. The largest absolute Gasteiger partial charge is 0.508 e. The number of phenols is 1. The van der Waals surface area contributed by atoms with Gasteiger partial charge in [0.15, 0.2) is 0 Å². The van der Waals surface area contributed by atoms with E-state index in [9.17, 15) is 14.7 Å². The van der Waals surface area contributed by atoms with Gasteiger partial charge in [0, 0.05) is 12.1 Å². The average Bonchev–Trinajstić information content (AvgIpc) is 2.74. The molecule has 0 aromatic heterocycles. The lowest BCUT2D eigenvalue weighted by atomic mass is 10.1. The highest BCUT2D eigenvalue weighted by Gasteiger charge is 2.14. The van der Waals surface area contributed by atoms with E-state index in [2.05, 4.69) is 10.6 Å². The Labute approximate surface area is 163 Å². The first-order valence-corrected chi connectivity index (χ1v) is 8.81. The van der Waals surface area contributed by atoms with Crippen LogP contribution in [-0.4, -0.2) is 16.9 Å². The lowest BCUT2D eigenvalue weighted by Gasteiger charge is -2.11. The molecule has 2 amide bonds. The molecule has 3 aromatic rings. The number of carbonyl (C=O) groups is 2. The van der Waals surface area contributed by atoms with Crippen LogP contribution in [0.25, 0.3) is 6.08 Å².